The van der Waals surface area contributed by atoms with Crippen molar-refractivity contribution in [3.05, 3.63) is 29.8 Å². The third-order valence-electron chi connectivity index (χ3n) is 4.39. The molecule has 1 unspecified atom stereocenters. The van der Waals surface area contributed by atoms with Crippen LogP contribution in [-0.2, 0) is 10.0 Å². The van der Waals surface area contributed by atoms with E-state index >= 15 is 0 Å². The maximum atomic E-state index is 12.6. The smallest absolute Gasteiger partial charge is 0.254 e. The molecule has 128 valence electrons. The quantitative estimate of drug-likeness (QED) is 0.879. The molecule has 8 heteroatoms. The number of rotatable bonds is 3. The Balaban J connectivity index is 0.00000192. The molecule has 2 heterocycles. The van der Waals surface area contributed by atoms with Gasteiger partial charge in [0, 0.05) is 31.2 Å². The minimum absolute atomic E-state index is 0. The van der Waals surface area contributed by atoms with Gasteiger partial charge < -0.3 is 10.6 Å². The van der Waals surface area contributed by atoms with Gasteiger partial charge in [0.15, 0.2) is 0 Å². The minimum Gasteiger partial charge on any atom is -0.334 e. The summed E-state index contributed by atoms with van der Waals surface area (Å²) in [7, 11) is -3.23. The van der Waals surface area contributed by atoms with Crippen molar-refractivity contribution in [2.75, 3.05) is 29.7 Å². The molecule has 0 aromatic heterocycles. The fourth-order valence-corrected chi connectivity index (χ4v) is 4.79. The highest BCUT2D eigenvalue weighted by molar-refractivity contribution is 7.93. The molecule has 2 aliphatic heterocycles. The molecule has 2 N–H and O–H groups in total. The van der Waals surface area contributed by atoms with Gasteiger partial charge in [0.25, 0.3) is 5.91 Å². The highest BCUT2D eigenvalue weighted by Crippen LogP contribution is 2.26. The van der Waals surface area contributed by atoms with Gasteiger partial charge in [-0.25, -0.2) is 8.42 Å². The number of carbonyl (C=O) groups is 1. The summed E-state index contributed by atoms with van der Waals surface area (Å²) in [6, 6.07) is 6.98. The summed E-state index contributed by atoms with van der Waals surface area (Å²) in [6.07, 6.45) is 2.53. The predicted octanol–water partition coefficient (Wildman–Crippen LogP) is 1.21. The number of nitrogens with two attached hydrogens (primary N) is 1. The number of hydrogen-bond acceptors (Lipinski definition) is 4. The average Bonchev–Trinajstić information content (AvgIpc) is 3.12. The third-order valence-corrected chi connectivity index (χ3v) is 6.26. The molecular weight excluding hydrogens is 338 g/mol. The fourth-order valence-electron chi connectivity index (χ4n) is 3.24. The van der Waals surface area contributed by atoms with Crippen molar-refractivity contribution >= 4 is 34.0 Å². The molecule has 3 rings (SSSR count). The fraction of sp³-hybridized carbons (Fsp3) is 0.533. The summed E-state index contributed by atoms with van der Waals surface area (Å²) < 4.78 is 25.4. The Kier molecular flexibility index (Phi) is 5.54. The molecule has 0 radical (unpaired) electrons. The molecule has 0 bridgehead atoms. The lowest BCUT2D eigenvalue weighted by molar-refractivity contribution is 0.0741. The number of hydrogen-bond donors (Lipinski definition) is 1. The lowest BCUT2D eigenvalue weighted by Crippen LogP contribution is -2.40. The summed E-state index contributed by atoms with van der Waals surface area (Å²) in [4.78, 5) is 14.5. The zero-order chi connectivity index (χ0) is 15.7. The van der Waals surface area contributed by atoms with Gasteiger partial charge in [0.1, 0.15) is 0 Å². The lowest BCUT2D eigenvalue weighted by atomic mass is 10.1. The summed E-state index contributed by atoms with van der Waals surface area (Å²) in [5.74, 6) is 0.110. The van der Waals surface area contributed by atoms with E-state index < -0.39 is 10.0 Å². The number of nitrogens with zero attached hydrogens (tertiary/aromatic N) is 2. The van der Waals surface area contributed by atoms with E-state index in [1.54, 1.807) is 29.2 Å². The lowest BCUT2D eigenvalue weighted by Gasteiger charge is -2.24. The Morgan fingerprint density at radius 3 is 2.70 bits per heavy atom. The monoisotopic (exact) mass is 359 g/mol. The van der Waals surface area contributed by atoms with Gasteiger partial charge >= 0.3 is 0 Å². The normalized spacial score (nSPS) is 22.9. The Labute approximate surface area is 143 Å². The molecule has 1 amide bonds. The molecule has 0 spiro atoms. The van der Waals surface area contributed by atoms with Crippen LogP contribution in [-0.4, -0.2) is 50.7 Å². The van der Waals surface area contributed by atoms with Crippen molar-refractivity contribution in [3.8, 4) is 0 Å². The van der Waals surface area contributed by atoms with Gasteiger partial charge in [0.05, 0.1) is 11.4 Å². The van der Waals surface area contributed by atoms with Gasteiger partial charge in [0.2, 0.25) is 10.0 Å². The van der Waals surface area contributed by atoms with Crippen LogP contribution in [0.5, 0.6) is 0 Å². The van der Waals surface area contributed by atoms with E-state index in [1.807, 2.05) is 0 Å². The molecule has 0 aliphatic carbocycles. The van der Waals surface area contributed by atoms with Gasteiger partial charge in [-0.1, -0.05) is 6.07 Å². The van der Waals surface area contributed by atoms with E-state index in [-0.39, 0.29) is 30.1 Å². The van der Waals surface area contributed by atoms with Crippen LogP contribution < -0.4 is 10.0 Å². The number of halogens is 1. The van der Waals surface area contributed by atoms with Crippen LogP contribution in [0.3, 0.4) is 0 Å². The second-order valence-corrected chi connectivity index (χ2v) is 7.84. The van der Waals surface area contributed by atoms with Crippen LogP contribution >= 0.6 is 12.4 Å². The molecule has 2 saturated heterocycles. The summed E-state index contributed by atoms with van der Waals surface area (Å²) in [5.41, 5.74) is 6.83. The topological polar surface area (TPSA) is 83.7 Å². The first-order valence-corrected chi connectivity index (χ1v) is 9.25. The highest BCUT2D eigenvalue weighted by Gasteiger charge is 2.31. The first kappa shape index (κ1) is 18.0. The second-order valence-electron chi connectivity index (χ2n) is 5.82. The standard InChI is InChI=1S/C15H21N3O3S.ClH/c16-11-14-6-2-7-17(14)15(19)12-4-1-5-13(10-12)18-8-3-9-22(18,20)21;/h1,4-5,10,14H,2-3,6-9,11,16H2;1H. The third kappa shape index (κ3) is 3.46. The van der Waals surface area contributed by atoms with E-state index in [9.17, 15) is 13.2 Å². The number of anilines is 1. The zero-order valence-corrected chi connectivity index (χ0v) is 14.5. The number of sulfonamides is 1. The number of carbonyl (C=O) groups excluding carboxylic acids is 1. The minimum atomic E-state index is -3.23. The Hall–Kier alpha value is -1.31. The molecule has 0 saturated carbocycles. The first-order chi connectivity index (χ1) is 10.5. The molecule has 1 aromatic carbocycles. The number of benzene rings is 1. The van der Waals surface area contributed by atoms with Crippen molar-refractivity contribution in [2.45, 2.75) is 25.3 Å². The molecule has 1 aromatic rings. The first-order valence-electron chi connectivity index (χ1n) is 7.64. The van der Waals surface area contributed by atoms with Gasteiger partial charge in [-0.15, -0.1) is 12.4 Å². The maximum absolute atomic E-state index is 12.6. The molecular formula is C15H22ClN3O3S. The van der Waals surface area contributed by atoms with Crippen LogP contribution in [0, 0.1) is 0 Å². The molecule has 23 heavy (non-hydrogen) atoms. The predicted molar refractivity (Wildman–Crippen MR) is 92.6 cm³/mol. The Morgan fingerprint density at radius 2 is 2.04 bits per heavy atom. The summed E-state index contributed by atoms with van der Waals surface area (Å²) in [5, 5.41) is 0. The van der Waals surface area contributed by atoms with Crippen LogP contribution in [0.4, 0.5) is 5.69 Å². The van der Waals surface area contributed by atoms with Crippen LogP contribution in [0.25, 0.3) is 0 Å². The number of likely N-dealkylation sites (tertiary alicyclic amines) is 1. The Bertz CT molecular complexity index is 680. The van der Waals surface area contributed by atoms with Crippen LogP contribution in [0.2, 0.25) is 0 Å². The summed E-state index contributed by atoms with van der Waals surface area (Å²) >= 11 is 0. The van der Waals surface area contributed by atoms with Crippen molar-refractivity contribution in [3.63, 3.8) is 0 Å². The molecule has 1 atom stereocenters. The van der Waals surface area contributed by atoms with Crippen molar-refractivity contribution in [1.29, 1.82) is 0 Å². The Morgan fingerprint density at radius 1 is 1.26 bits per heavy atom. The maximum Gasteiger partial charge on any atom is 0.254 e. The SMILES string of the molecule is Cl.NCC1CCCN1C(=O)c1cccc(N2CCCS2(=O)=O)c1. The van der Waals surface area contributed by atoms with Gasteiger partial charge in [-0.2, -0.15) is 0 Å². The summed E-state index contributed by atoms with van der Waals surface area (Å²) in [6.45, 7) is 1.66. The van der Waals surface area contributed by atoms with Crippen molar-refractivity contribution in [2.24, 2.45) is 5.73 Å². The van der Waals surface area contributed by atoms with E-state index in [0.29, 0.717) is 37.3 Å². The highest BCUT2D eigenvalue weighted by atomic mass is 35.5. The van der Waals surface area contributed by atoms with Gasteiger partial charge in [-0.05, 0) is 37.5 Å². The largest absolute Gasteiger partial charge is 0.334 e. The molecule has 6 nitrogen and oxygen atoms in total. The van der Waals surface area contributed by atoms with Crippen LogP contribution in [0.1, 0.15) is 29.6 Å². The van der Waals surface area contributed by atoms with E-state index in [4.69, 9.17) is 5.73 Å². The number of amides is 1. The van der Waals surface area contributed by atoms with Crippen molar-refractivity contribution in [1.82, 2.24) is 4.90 Å². The molecule has 2 fully saturated rings. The zero-order valence-electron chi connectivity index (χ0n) is 12.8. The van der Waals surface area contributed by atoms with E-state index in [1.165, 1.54) is 4.31 Å². The molecule has 2 aliphatic rings. The van der Waals surface area contributed by atoms with E-state index in [2.05, 4.69) is 0 Å². The second kappa shape index (κ2) is 7.07. The van der Waals surface area contributed by atoms with Crippen LogP contribution in [0.15, 0.2) is 24.3 Å². The average molecular weight is 360 g/mol. The van der Waals surface area contributed by atoms with E-state index in [0.717, 1.165) is 12.8 Å². The van der Waals surface area contributed by atoms with Crippen molar-refractivity contribution < 1.29 is 13.2 Å². The van der Waals surface area contributed by atoms with Gasteiger partial charge in [-0.3, -0.25) is 9.10 Å².